The molecule has 5 aromatic rings. The Morgan fingerprint density at radius 3 is 2.71 bits per heavy atom. The van der Waals surface area contributed by atoms with Gasteiger partial charge < -0.3 is 8.98 Å². The predicted octanol–water partition coefficient (Wildman–Crippen LogP) is 9.12. The molecule has 0 fully saturated rings. The normalized spacial score (nSPS) is 17.6. The highest BCUT2D eigenvalue weighted by atomic mass is 35.5. The van der Waals surface area contributed by atoms with Crippen molar-refractivity contribution in [2.45, 2.75) is 26.2 Å². The van der Waals surface area contributed by atoms with Gasteiger partial charge in [0.15, 0.2) is 0 Å². The lowest BCUT2D eigenvalue weighted by atomic mass is 9.94. The zero-order valence-corrected chi connectivity index (χ0v) is 19.8. The standard InChI is InChI=1S/C31H24ClNO/c1-19-6-8-20(9-7-19)21-10-13-24-27-17-22(32)11-15-28(27)33(29(24)16-21)23-12-14-26-25-4-2-3-5-30(25)34-31(26)18-23/h2,4,6,8-19H,3,5,7H2,1H3. The molecule has 0 radical (unpaired) electrons. The van der Waals surface area contributed by atoms with E-state index >= 15 is 0 Å². The third-order valence-electron chi connectivity index (χ3n) is 7.25. The van der Waals surface area contributed by atoms with Crippen LogP contribution in [-0.2, 0) is 6.42 Å². The van der Waals surface area contributed by atoms with Crippen LogP contribution in [0.4, 0.5) is 0 Å². The summed E-state index contributed by atoms with van der Waals surface area (Å²) in [4.78, 5) is 0. The largest absolute Gasteiger partial charge is 0.460 e. The van der Waals surface area contributed by atoms with E-state index in [4.69, 9.17) is 16.0 Å². The topological polar surface area (TPSA) is 18.1 Å². The molecule has 34 heavy (non-hydrogen) atoms. The number of fused-ring (bicyclic) bond motifs is 6. The van der Waals surface area contributed by atoms with Crippen molar-refractivity contribution < 1.29 is 4.42 Å². The molecule has 0 aliphatic heterocycles. The number of aromatic nitrogens is 1. The Balaban J connectivity index is 1.49. The van der Waals surface area contributed by atoms with E-state index < -0.39 is 0 Å². The highest BCUT2D eigenvalue weighted by molar-refractivity contribution is 6.32. The van der Waals surface area contributed by atoms with Gasteiger partial charge in [-0.2, -0.15) is 0 Å². The van der Waals surface area contributed by atoms with E-state index in [0.29, 0.717) is 5.92 Å². The van der Waals surface area contributed by atoms with Gasteiger partial charge in [0.2, 0.25) is 0 Å². The van der Waals surface area contributed by atoms with Gasteiger partial charge in [0, 0.05) is 44.9 Å². The summed E-state index contributed by atoms with van der Waals surface area (Å²) in [5.74, 6) is 1.69. The third-order valence-corrected chi connectivity index (χ3v) is 7.48. The van der Waals surface area contributed by atoms with Crippen LogP contribution in [0.1, 0.15) is 36.7 Å². The van der Waals surface area contributed by atoms with Crippen LogP contribution in [-0.4, -0.2) is 4.57 Å². The second-order valence-corrected chi connectivity index (χ2v) is 9.96. The molecule has 0 spiro atoms. The summed E-state index contributed by atoms with van der Waals surface area (Å²) in [6, 6.07) is 19.6. The Morgan fingerprint density at radius 1 is 0.912 bits per heavy atom. The van der Waals surface area contributed by atoms with E-state index in [1.807, 2.05) is 6.07 Å². The van der Waals surface area contributed by atoms with Crippen molar-refractivity contribution in [2.24, 2.45) is 5.92 Å². The minimum Gasteiger partial charge on any atom is -0.460 e. The SMILES string of the molecule is CC1C=CC(c2ccc3c4cc(Cl)ccc4n(-c4ccc5c6c(oc5c4)CCC=C6)c3c2)=CC1. The molecular formula is C31H24ClNO. The van der Waals surface area contributed by atoms with E-state index in [1.54, 1.807) is 0 Å². The van der Waals surface area contributed by atoms with Crippen LogP contribution < -0.4 is 0 Å². The van der Waals surface area contributed by atoms with Crippen molar-refractivity contribution >= 4 is 56.0 Å². The first-order valence-corrected chi connectivity index (χ1v) is 12.4. The second kappa shape index (κ2) is 7.51. The summed E-state index contributed by atoms with van der Waals surface area (Å²) in [7, 11) is 0. The Kier molecular flexibility index (Phi) is 4.40. The zero-order valence-electron chi connectivity index (χ0n) is 19.0. The van der Waals surface area contributed by atoms with Crippen LogP contribution >= 0.6 is 11.6 Å². The second-order valence-electron chi connectivity index (χ2n) is 9.52. The lowest BCUT2D eigenvalue weighted by Crippen LogP contribution is -1.96. The molecule has 166 valence electrons. The third kappa shape index (κ3) is 3.02. The Morgan fingerprint density at radius 2 is 1.82 bits per heavy atom. The number of hydrogen-bond donors (Lipinski definition) is 0. The Hall–Kier alpha value is -3.49. The molecule has 0 bridgehead atoms. The van der Waals surface area contributed by atoms with Crippen molar-refractivity contribution in [2.75, 3.05) is 0 Å². The highest BCUT2D eigenvalue weighted by Crippen LogP contribution is 2.38. The maximum atomic E-state index is 6.43. The summed E-state index contributed by atoms with van der Waals surface area (Å²) in [5.41, 5.74) is 8.13. The van der Waals surface area contributed by atoms with Crippen LogP contribution in [0.3, 0.4) is 0 Å². The van der Waals surface area contributed by atoms with Crippen molar-refractivity contribution in [1.29, 1.82) is 0 Å². The summed E-state index contributed by atoms with van der Waals surface area (Å²) in [6.07, 6.45) is 14.4. The minimum atomic E-state index is 0.599. The van der Waals surface area contributed by atoms with Crippen molar-refractivity contribution in [3.8, 4) is 5.69 Å². The fourth-order valence-corrected chi connectivity index (χ4v) is 5.64. The van der Waals surface area contributed by atoms with E-state index in [2.05, 4.69) is 90.4 Å². The van der Waals surface area contributed by atoms with Gasteiger partial charge in [0.1, 0.15) is 11.3 Å². The number of halogens is 1. The number of furan rings is 1. The first-order valence-electron chi connectivity index (χ1n) is 12.0. The fourth-order valence-electron chi connectivity index (χ4n) is 5.47. The summed E-state index contributed by atoms with van der Waals surface area (Å²) in [6.45, 7) is 2.26. The van der Waals surface area contributed by atoms with Gasteiger partial charge in [0.05, 0.1) is 11.0 Å². The number of nitrogens with zero attached hydrogens (tertiary/aromatic N) is 1. The predicted molar refractivity (Wildman–Crippen MR) is 144 cm³/mol. The zero-order chi connectivity index (χ0) is 22.8. The summed E-state index contributed by atoms with van der Waals surface area (Å²) < 4.78 is 8.64. The van der Waals surface area contributed by atoms with Crippen molar-refractivity contribution in [1.82, 2.24) is 4.57 Å². The van der Waals surface area contributed by atoms with Gasteiger partial charge >= 0.3 is 0 Å². The first kappa shape index (κ1) is 19.9. The van der Waals surface area contributed by atoms with Gasteiger partial charge in [-0.1, -0.05) is 61.0 Å². The molecule has 3 aromatic carbocycles. The molecule has 0 N–H and O–H groups in total. The number of hydrogen-bond acceptors (Lipinski definition) is 1. The average Bonchev–Trinajstić information content (AvgIpc) is 3.38. The monoisotopic (exact) mass is 461 g/mol. The smallest absolute Gasteiger partial charge is 0.137 e. The van der Waals surface area contributed by atoms with Crippen LogP contribution in [0.25, 0.3) is 50.1 Å². The van der Waals surface area contributed by atoms with E-state index in [-0.39, 0.29) is 0 Å². The molecule has 7 rings (SSSR count). The number of rotatable bonds is 2. The molecular weight excluding hydrogens is 438 g/mol. The van der Waals surface area contributed by atoms with E-state index in [0.717, 1.165) is 52.2 Å². The maximum Gasteiger partial charge on any atom is 0.137 e. The molecule has 1 atom stereocenters. The number of allylic oxidation sites excluding steroid dienone is 5. The van der Waals surface area contributed by atoms with Crippen LogP contribution in [0.15, 0.2) is 83.3 Å². The van der Waals surface area contributed by atoms with Gasteiger partial charge in [-0.25, -0.2) is 0 Å². The molecule has 2 aliphatic rings. The lowest BCUT2D eigenvalue weighted by molar-refractivity contribution is 0.546. The van der Waals surface area contributed by atoms with Crippen LogP contribution in [0.2, 0.25) is 5.02 Å². The van der Waals surface area contributed by atoms with E-state index in [9.17, 15) is 0 Å². The Labute approximate surface area is 203 Å². The average molecular weight is 462 g/mol. The quantitative estimate of drug-likeness (QED) is 0.256. The maximum absolute atomic E-state index is 6.43. The molecule has 2 nitrogen and oxygen atoms in total. The molecule has 1 unspecified atom stereocenters. The van der Waals surface area contributed by atoms with Crippen molar-refractivity contribution in [3.05, 3.63) is 101 Å². The summed E-state index contributed by atoms with van der Waals surface area (Å²) in [5, 5.41) is 4.31. The molecule has 0 saturated heterocycles. The molecule has 3 heteroatoms. The number of aryl methyl sites for hydroxylation is 1. The van der Waals surface area contributed by atoms with Gasteiger partial charge in [-0.05, 0) is 66.3 Å². The molecule has 2 heterocycles. The van der Waals surface area contributed by atoms with Crippen molar-refractivity contribution in [3.63, 3.8) is 0 Å². The number of benzene rings is 3. The molecule has 2 aliphatic carbocycles. The minimum absolute atomic E-state index is 0.599. The highest BCUT2D eigenvalue weighted by Gasteiger charge is 2.18. The van der Waals surface area contributed by atoms with Crippen LogP contribution in [0, 0.1) is 5.92 Å². The molecule has 2 aromatic heterocycles. The lowest BCUT2D eigenvalue weighted by Gasteiger charge is -2.13. The molecule has 0 amide bonds. The Bertz CT molecular complexity index is 1710. The van der Waals surface area contributed by atoms with Gasteiger partial charge in [-0.15, -0.1) is 0 Å². The van der Waals surface area contributed by atoms with E-state index in [1.165, 1.54) is 33.0 Å². The van der Waals surface area contributed by atoms with Crippen LogP contribution in [0.5, 0.6) is 0 Å². The molecule has 0 saturated carbocycles. The first-order chi connectivity index (χ1) is 16.7. The summed E-state index contributed by atoms with van der Waals surface area (Å²) >= 11 is 6.43. The van der Waals surface area contributed by atoms with Gasteiger partial charge in [-0.3, -0.25) is 0 Å². The van der Waals surface area contributed by atoms with Gasteiger partial charge in [0.25, 0.3) is 0 Å². The fraction of sp³-hybridized carbons (Fsp3) is 0.161.